The Morgan fingerprint density at radius 1 is 1.26 bits per heavy atom. The van der Waals surface area contributed by atoms with E-state index < -0.39 is 0 Å². The molecule has 1 aromatic heterocycles. The van der Waals surface area contributed by atoms with Crippen LogP contribution in [0.5, 0.6) is 11.6 Å². The summed E-state index contributed by atoms with van der Waals surface area (Å²) in [5.74, 6) is 0.136. The third-order valence-electron chi connectivity index (χ3n) is 3.60. The molecule has 146 valence electrons. The van der Waals surface area contributed by atoms with E-state index in [0.717, 1.165) is 0 Å². The highest BCUT2D eigenvalue weighted by atomic mass is 35.5. The van der Waals surface area contributed by atoms with Crippen LogP contribution in [0.1, 0.15) is 38.7 Å². The number of aromatic nitrogens is 2. The number of halogens is 2. The first-order valence-electron chi connectivity index (χ1n) is 8.47. The predicted molar refractivity (Wildman–Crippen MR) is 105 cm³/mol. The maximum absolute atomic E-state index is 11.8. The highest BCUT2D eigenvalue weighted by Crippen LogP contribution is 2.38. The Kier molecular flexibility index (Phi) is 7.50. The van der Waals surface area contributed by atoms with E-state index in [4.69, 9.17) is 32.7 Å². The van der Waals surface area contributed by atoms with Gasteiger partial charge in [0, 0.05) is 23.9 Å². The number of H-pyrrole nitrogens is 1. The smallest absolute Gasteiger partial charge is 0.307 e. The molecular weight excluding hydrogens is 393 g/mol. The normalized spacial score (nSPS) is 10.7. The monoisotopic (exact) mass is 413 g/mol. The van der Waals surface area contributed by atoms with E-state index in [1.54, 1.807) is 25.1 Å². The standard InChI is InChI=1S/C18H21Cl2N3O4/c1-4-26-16(24)5-6-21-11-7-13(19)17(14(20)8-11)27-15-9-12(10(2)3)18(25)23-22-15/h7-10,21H,4-6H2,1-3H3,(H,23,25). The average molecular weight is 414 g/mol. The van der Waals surface area contributed by atoms with Crippen molar-refractivity contribution in [2.75, 3.05) is 18.5 Å². The summed E-state index contributed by atoms with van der Waals surface area (Å²) >= 11 is 12.5. The van der Waals surface area contributed by atoms with Crippen LogP contribution in [0.15, 0.2) is 23.0 Å². The molecule has 0 unspecified atom stereocenters. The number of aromatic amines is 1. The first kappa shape index (κ1) is 21.1. The van der Waals surface area contributed by atoms with Crippen molar-refractivity contribution in [3.63, 3.8) is 0 Å². The molecule has 2 rings (SSSR count). The zero-order chi connectivity index (χ0) is 20.0. The summed E-state index contributed by atoms with van der Waals surface area (Å²) < 4.78 is 10.5. The molecule has 0 radical (unpaired) electrons. The summed E-state index contributed by atoms with van der Waals surface area (Å²) in [6, 6.07) is 4.81. The van der Waals surface area contributed by atoms with Gasteiger partial charge in [0.25, 0.3) is 5.56 Å². The summed E-state index contributed by atoms with van der Waals surface area (Å²) in [5, 5.41) is 9.84. The van der Waals surface area contributed by atoms with Crippen molar-refractivity contribution in [3.8, 4) is 11.6 Å². The van der Waals surface area contributed by atoms with E-state index in [0.29, 0.717) is 24.4 Å². The zero-order valence-corrected chi connectivity index (χ0v) is 16.8. The van der Waals surface area contributed by atoms with Gasteiger partial charge in [0.15, 0.2) is 5.75 Å². The molecule has 0 bridgehead atoms. The molecule has 9 heteroatoms. The van der Waals surface area contributed by atoms with Crippen LogP contribution < -0.4 is 15.6 Å². The van der Waals surface area contributed by atoms with Gasteiger partial charge in [-0.05, 0) is 25.0 Å². The number of rotatable bonds is 8. The lowest BCUT2D eigenvalue weighted by Crippen LogP contribution is -2.15. The maximum Gasteiger partial charge on any atom is 0.307 e. The van der Waals surface area contributed by atoms with Crippen LogP contribution >= 0.6 is 23.2 Å². The van der Waals surface area contributed by atoms with Crippen LogP contribution in [-0.2, 0) is 9.53 Å². The Hall–Kier alpha value is -2.25. The van der Waals surface area contributed by atoms with Crippen LogP contribution in [0.3, 0.4) is 0 Å². The molecule has 1 heterocycles. The van der Waals surface area contributed by atoms with Gasteiger partial charge in [-0.15, -0.1) is 5.10 Å². The van der Waals surface area contributed by atoms with Crippen molar-refractivity contribution in [1.29, 1.82) is 0 Å². The zero-order valence-electron chi connectivity index (χ0n) is 15.3. The fraction of sp³-hybridized carbons (Fsp3) is 0.389. The van der Waals surface area contributed by atoms with Gasteiger partial charge in [-0.1, -0.05) is 37.0 Å². The summed E-state index contributed by atoms with van der Waals surface area (Å²) in [7, 11) is 0. The predicted octanol–water partition coefficient (Wildman–Crippen LogP) is 4.36. The van der Waals surface area contributed by atoms with Crippen LogP contribution in [-0.4, -0.2) is 29.3 Å². The quantitative estimate of drug-likeness (QED) is 0.624. The Labute approximate surface area is 167 Å². The van der Waals surface area contributed by atoms with Crippen molar-refractivity contribution < 1.29 is 14.3 Å². The van der Waals surface area contributed by atoms with E-state index in [9.17, 15) is 9.59 Å². The number of anilines is 1. The largest absolute Gasteiger partial charge is 0.466 e. The van der Waals surface area contributed by atoms with Gasteiger partial charge in [-0.2, -0.15) is 0 Å². The Balaban J connectivity index is 2.12. The molecule has 27 heavy (non-hydrogen) atoms. The highest BCUT2D eigenvalue weighted by molar-refractivity contribution is 6.37. The van der Waals surface area contributed by atoms with Crippen molar-refractivity contribution in [3.05, 3.63) is 44.2 Å². The number of benzene rings is 1. The second-order valence-corrected chi connectivity index (χ2v) is 6.81. The van der Waals surface area contributed by atoms with Gasteiger partial charge in [0.1, 0.15) is 0 Å². The van der Waals surface area contributed by atoms with Gasteiger partial charge in [-0.25, -0.2) is 5.10 Å². The molecule has 0 aliphatic heterocycles. The first-order chi connectivity index (χ1) is 12.8. The van der Waals surface area contributed by atoms with Crippen LogP contribution in [0.2, 0.25) is 10.0 Å². The molecule has 0 aliphatic rings. The summed E-state index contributed by atoms with van der Waals surface area (Å²) in [5.41, 5.74) is 0.916. The number of nitrogens with one attached hydrogen (secondary N) is 2. The van der Waals surface area contributed by atoms with E-state index in [1.165, 1.54) is 0 Å². The number of hydrogen-bond acceptors (Lipinski definition) is 6. The fourth-order valence-corrected chi connectivity index (χ4v) is 2.85. The van der Waals surface area contributed by atoms with Crippen LogP contribution in [0.4, 0.5) is 5.69 Å². The second-order valence-electron chi connectivity index (χ2n) is 6.00. The van der Waals surface area contributed by atoms with E-state index in [1.807, 2.05) is 13.8 Å². The SMILES string of the molecule is CCOC(=O)CCNc1cc(Cl)c(Oc2cc(C(C)C)c(=O)[nH]n2)c(Cl)c1. The molecule has 2 N–H and O–H groups in total. The van der Waals surface area contributed by atoms with Crippen molar-refractivity contribution >= 4 is 34.9 Å². The van der Waals surface area contributed by atoms with E-state index >= 15 is 0 Å². The molecule has 0 atom stereocenters. The lowest BCUT2D eigenvalue weighted by molar-refractivity contribution is -0.142. The minimum absolute atomic E-state index is 0.0102. The van der Waals surface area contributed by atoms with Crippen LogP contribution in [0.25, 0.3) is 0 Å². The van der Waals surface area contributed by atoms with Crippen molar-refractivity contribution in [2.45, 2.75) is 33.1 Å². The van der Waals surface area contributed by atoms with Crippen LogP contribution in [0, 0.1) is 0 Å². The van der Waals surface area contributed by atoms with Gasteiger partial charge in [0.2, 0.25) is 5.88 Å². The lowest BCUT2D eigenvalue weighted by Gasteiger charge is -2.13. The number of carbonyl (C=O) groups is 1. The lowest BCUT2D eigenvalue weighted by atomic mass is 10.1. The summed E-state index contributed by atoms with van der Waals surface area (Å²) in [4.78, 5) is 23.1. The number of ether oxygens (including phenoxy) is 2. The molecule has 2 aromatic rings. The number of esters is 1. The molecule has 7 nitrogen and oxygen atoms in total. The molecule has 0 saturated heterocycles. The van der Waals surface area contributed by atoms with Crippen molar-refractivity contribution in [1.82, 2.24) is 10.2 Å². The van der Waals surface area contributed by atoms with Gasteiger partial charge < -0.3 is 14.8 Å². The molecule has 0 spiro atoms. The Morgan fingerprint density at radius 3 is 2.52 bits per heavy atom. The molecule has 0 amide bonds. The van der Waals surface area contributed by atoms with Crippen molar-refractivity contribution in [2.24, 2.45) is 0 Å². The summed E-state index contributed by atoms with van der Waals surface area (Å²) in [6.07, 6.45) is 0.223. The van der Waals surface area contributed by atoms with Gasteiger partial charge in [-0.3, -0.25) is 9.59 Å². The second kappa shape index (κ2) is 9.62. The maximum atomic E-state index is 11.8. The first-order valence-corrected chi connectivity index (χ1v) is 9.23. The molecule has 0 saturated carbocycles. The van der Waals surface area contributed by atoms with Gasteiger partial charge >= 0.3 is 5.97 Å². The number of nitrogens with zero attached hydrogens (tertiary/aromatic N) is 1. The topological polar surface area (TPSA) is 93.3 Å². The number of carbonyl (C=O) groups excluding carboxylic acids is 1. The fourth-order valence-electron chi connectivity index (χ4n) is 2.29. The molecular formula is C18H21Cl2N3O4. The minimum Gasteiger partial charge on any atom is -0.466 e. The number of hydrogen-bond donors (Lipinski definition) is 2. The summed E-state index contributed by atoms with van der Waals surface area (Å²) in [6.45, 7) is 6.27. The third kappa shape index (κ3) is 5.87. The third-order valence-corrected chi connectivity index (χ3v) is 4.16. The van der Waals surface area contributed by atoms with Gasteiger partial charge in [0.05, 0.1) is 23.1 Å². The Morgan fingerprint density at radius 2 is 1.93 bits per heavy atom. The average Bonchev–Trinajstić information content (AvgIpc) is 2.59. The molecule has 0 aliphatic carbocycles. The minimum atomic E-state index is -0.285. The van der Waals surface area contributed by atoms with E-state index in [-0.39, 0.29) is 45.5 Å². The van der Waals surface area contributed by atoms with E-state index in [2.05, 4.69) is 15.5 Å². The molecule has 1 aromatic carbocycles. The molecule has 0 fully saturated rings. The Bertz CT molecular complexity index is 845. The highest BCUT2D eigenvalue weighted by Gasteiger charge is 2.14.